The van der Waals surface area contributed by atoms with Gasteiger partial charge >= 0.3 is 0 Å². The van der Waals surface area contributed by atoms with Crippen molar-refractivity contribution in [2.75, 3.05) is 6.61 Å². The molecule has 1 aliphatic rings. The van der Waals surface area contributed by atoms with E-state index in [0.717, 1.165) is 0 Å². The Labute approximate surface area is 112 Å². The molecule has 3 N–H and O–H groups in total. The lowest BCUT2D eigenvalue weighted by Crippen LogP contribution is -2.66. The first-order valence-electron chi connectivity index (χ1n) is 6.26. The summed E-state index contributed by atoms with van der Waals surface area (Å²) >= 11 is 0. The number of nitroso groups, excluding NO2 is 1. The van der Waals surface area contributed by atoms with Crippen LogP contribution in [0.4, 0.5) is 0 Å². The van der Waals surface area contributed by atoms with Crippen LogP contribution in [0.2, 0.25) is 0 Å². The molecule has 0 radical (unpaired) electrons. The smallest absolute Gasteiger partial charge is 0.217 e. The van der Waals surface area contributed by atoms with Crippen LogP contribution in [-0.2, 0) is 9.53 Å². The number of nitrogens with one attached hydrogen (secondary N) is 1. The average Bonchev–Trinajstić information content (AvgIpc) is 2.27. The van der Waals surface area contributed by atoms with E-state index in [9.17, 15) is 19.9 Å². The molecule has 1 aliphatic heterocycles. The van der Waals surface area contributed by atoms with E-state index >= 15 is 0 Å². The van der Waals surface area contributed by atoms with Crippen molar-refractivity contribution in [3.8, 4) is 0 Å². The van der Waals surface area contributed by atoms with Crippen LogP contribution in [0.1, 0.15) is 27.7 Å². The van der Waals surface area contributed by atoms with Crippen molar-refractivity contribution < 1.29 is 19.7 Å². The monoisotopic (exact) mass is 274 g/mol. The predicted octanol–water partition coefficient (Wildman–Crippen LogP) is -0.207. The van der Waals surface area contributed by atoms with Gasteiger partial charge < -0.3 is 20.3 Å². The van der Waals surface area contributed by atoms with Gasteiger partial charge in [0, 0.05) is 6.92 Å². The van der Waals surface area contributed by atoms with Gasteiger partial charge in [-0.2, -0.15) is 4.91 Å². The average molecular weight is 274 g/mol. The molecule has 5 unspecified atom stereocenters. The molecule has 1 fully saturated rings. The van der Waals surface area contributed by atoms with Gasteiger partial charge in [0.25, 0.3) is 0 Å². The van der Waals surface area contributed by atoms with Crippen LogP contribution in [0.15, 0.2) is 5.18 Å². The number of carbonyl (C=O) groups is 1. The summed E-state index contributed by atoms with van der Waals surface area (Å²) in [6, 6.07) is -1.76. The fraction of sp³-hybridized carbons (Fsp3) is 0.917. The number of carbonyl (C=O) groups excluding carboxylic acids is 1. The van der Waals surface area contributed by atoms with Gasteiger partial charge in [0.05, 0.1) is 18.8 Å². The molecule has 1 rings (SSSR count). The van der Waals surface area contributed by atoms with E-state index in [1.54, 1.807) is 0 Å². The zero-order chi connectivity index (χ0) is 14.8. The zero-order valence-corrected chi connectivity index (χ0v) is 11.7. The third-order valence-corrected chi connectivity index (χ3v) is 3.27. The molecule has 19 heavy (non-hydrogen) atoms. The maximum absolute atomic E-state index is 11.3. The van der Waals surface area contributed by atoms with E-state index in [2.05, 4.69) is 10.5 Å². The molecule has 5 atom stereocenters. The molecule has 7 heteroatoms. The number of aliphatic hydroxyl groups is 2. The quantitative estimate of drug-likeness (QED) is 0.617. The highest BCUT2D eigenvalue weighted by Gasteiger charge is 2.50. The van der Waals surface area contributed by atoms with Gasteiger partial charge in [0.2, 0.25) is 5.91 Å². The first-order valence-corrected chi connectivity index (χ1v) is 6.26. The van der Waals surface area contributed by atoms with Crippen molar-refractivity contribution in [2.24, 2.45) is 10.6 Å². The van der Waals surface area contributed by atoms with Gasteiger partial charge in [-0.15, -0.1) is 0 Å². The lowest BCUT2D eigenvalue weighted by Gasteiger charge is -2.47. The number of hydrogen-bond donors (Lipinski definition) is 3. The molecule has 0 saturated carbocycles. The minimum atomic E-state index is -1.24. The number of nitrogens with zero attached hydrogens (tertiary/aromatic N) is 1. The third kappa shape index (κ3) is 3.49. The van der Waals surface area contributed by atoms with E-state index < -0.39 is 37.0 Å². The maximum Gasteiger partial charge on any atom is 0.217 e. The minimum absolute atomic E-state index is 0.328. The Kier molecular flexibility index (Phi) is 5.00. The van der Waals surface area contributed by atoms with Gasteiger partial charge in [0.1, 0.15) is 18.2 Å². The predicted molar refractivity (Wildman–Crippen MR) is 68.4 cm³/mol. The van der Waals surface area contributed by atoms with Crippen molar-refractivity contribution in [3.05, 3.63) is 4.91 Å². The fourth-order valence-electron chi connectivity index (χ4n) is 2.38. The summed E-state index contributed by atoms with van der Waals surface area (Å²) in [5.41, 5.74) is -0.385. The van der Waals surface area contributed by atoms with Crippen LogP contribution >= 0.6 is 0 Å². The van der Waals surface area contributed by atoms with E-state index in [1.165, 1.54) is 6.92 Å². The molecule has 0 aromatic carbocycles. The molecule has 0 bridgehead atoms. The second-order valence-electron chi connectivity index (χ2n) is 5.96. The van der Waals surface area contributed by atoms with E-state index in [4.69, 9.17) is 4.74 Å². The molecule has 0 spiro atoms. The van der Waals surface area contributed by atoms with Crippen LogP contribution in [-0.4, -0.2) is 53.1 Å². The third-order valence-electron chi connectivity index (χ3n) is 3.27. The summed E-state index contributed by atoms with van der Waals surface area (Å²) in [4.78, 5) is 22.3. The van der Waals surface area contributed by atoms with E-state index in [-0.39, 0.29) is 11.3 Å². The summed E-state index contributed by atoms with van der Waals surface area (Å²) in [7, 11) is 0. The Morgan fingerprint density at radius 3 is 2.37 bits per heavy atom. The molecule has 1 saturated heterocycles. The molecule has 0 aromatic heterocycles. The number of ether oxygens (including phenoxy) is 1. The highest BCUT2D eigenvalue weighted by molar-refractivity contribution is 5.73. The molecule has 0 aliphatic carbocycles. The fourth-order valence-corrected chi connectivity index (χ4v) is 2.38. The van der Waals surface area contributed by atoms with Gasteiger partial charge in [-0.25, -0.2) is 0 Å². The SMILES string of the molecule is CC(=O)NC1C(N=O)C(O)C(CO)OC1C(C)(C)C. The molecule has 0 aromatic rings. The molecule has 110 valence electrons. The number of aliphatic hydroxyl groups excluding tert-OH is 2. The number of rotatable bonds is 3. The summed E-state index contributed by atoms with van der Waals surface area (Å²) in [6.07, 6.45) is -2.64. The van der Waals surface area contributed by atoms with Gasteiger partial charge in [-0.05, 0) is 5.41 Å². The Balaban J connectivity index is 3.09. The van der Waals surface area contributed by atoms with Crippen LogP contribution in [0.3, 0.4) is 0 Å². The highest BCUT2D eigenvalue weighted by Crippen LogP contribution is 2.34. The van der Waals surface area contributed by atoms with Crippen LogP contribution in [0.5, 0.6) is 0 Å². The van der Waals surface area contributed by atoms with Crippen molar-refractivity contribution >= 4 is 5.91 Å². The standard InChI is InChI=1S/C12H22N2O5/c1-6(16)13-9-8(14-18)10(17)7(5-15)19-11(9)12(2,3)4/h7-11,15,17H,5H2,1-4H3,(H,13,16). The van der Waals surface area contributed by atoms with E-state index in [1.807, 2.05) is 20.8 Å². The van der Waals surface area contributed by atoms with Gasteiger partial charge in [0.15, 0.2) is 0 Å². The topological polar surface area (TPSA) is 108 Å². The van der Waals surface area contributed by atoms with Gasteiger partial charge in [-0.3, -0.25) is 4.79 Å². The van der Waals surface area contributed by atoms with Crippen molar-refractivity contribution in [1.29, 1.82) is 0 Å². The molecule has 1 heterocycles. The Bertz CT molecular complexity index is 342. The zero-order valence-electron chi connectivity index (χ0n) is 11.7. The molecule has 7 nitrogen and oxygen atoms in total. The maximum atomic E-state index is 11.3. The lowest BCUT2D eigenvalue weighted by molar-refractivity contribution is -0.183. The largest absolute Gasteiger partial charge is 0.394 e. The van der Waals surface area contributed by atoms with Crippen molar-refractivity contribution in [2.45, 2.75) is 58.1 Å². The summed E-state index contributed by atoms with van der Waals surface area (Å²) < 4.78 is 5.64. The van der Waals surface area contributed by atoms with Crippen LogP contribution in [0.25, 0.3) is 0 Å². The Morgan fingerprint density at radius 1 is 1.42 bits per heavy atom. The second-order valence-corrected chi connectivity index (χ2v) is 5.96. The normalized spacial score (nSPS) is 35.8. The number of hydrogen-bond acceptors (Lipinski definition) is 6. The highest BCUT2D eigenvalue weighted by atomic mass is 16.5. The molecule has 1 amide bonds. The summed E-state index contributed by atoms with van der Waals surface area (Å²) in [6.45, 7) is 6.58. The van der Waals surface area contributed by atoms with Crippen LogP contribution < -0.4 is 5.32 Å². The van der Waals surface area contributed by atoms with Crippen molar-refractivity contribution in [3.63, 3.8) is 0 Å². The Morgan fingerprint density at radius 2 is 2.00 bits per heavy atom. The minimum Gasteiger partial charge on any atom is -0.394 e. The van der Waals surface area contributed by atoms with Crippen molar-refractivity contribution in [1.82, 2.24) is 5.32 Å². The van der Waals surface area contributed by atoms with E-state index in [0.29, 0.717) is 0 Å². The summed E-state index contributed by atoms with van der Waals surface area (Å²) in [5, 5.41) is 24.7. The van der Waals surface area contributed by atoms with Crippen LogP contribution in [0, 0.1) is 10.3 Å². The molecular weight excluding hydrogens is 252 g/mol. The molecular formula is C12H22N2O5. The first-order chi connectivity index (χ1) is 8.72. The second kappa shape index (κ2) is 5.94. The summed E-state index contributed by atoms with van der Waals surface area (Å²) in [5.74, 6) is -0.328. The lowest BCUT2D eigenvalue weighted by atomic mass is 9.78. The Hall–Kier alpha value is -1.05. The van der Waals surface area contributed by atoms with Gasteiger partial charge in [-0.1, -0.05) is 25.9 Å². The number of amides is 1. The first kappa shape index (κ1) is 16.0.